The van der Waals surface area contributed by atoms with Crippen molar-refractivity contribution in [3.8, 4) is 0 Å². The van der Waals surface area contributed by atoms with Crippen LogP contribution in [-0.4, -0.2) is 30.4 Å². The monoisotopic (exact) mass is 223 g/mol. The van der Waals surface area contributed by atoms with Crippen molar-refractivity contribution in [2.75, 3.05) is 12.4 Å². The summed E-state index contributed by atoms with van der Waals surface area (Å²) in [6.07, 6.45) is 0. The topological polar surface area (TPSA) is 55.4 Å². The zero-order valence-corrected chi connectivity index (χ0v) is 7.97. The van der Waals surface area contributed by atoms with E-state index in [2.05, 4.69) is 26.0 Å². The summed E-state index contributed by atoms with van der Waals surface area (Å²) < 4.78 is 4.42. The highest BCUT2D eigenvalue weighted by Gasteiger charge is 2.17. The van der Waals surface area contributed by atoms with E-state index in [-0.39, 0.29) is 5.91 Å². The van der Waals surface area contributed by atoms with Gasteiger partial charge in [0.25, 0.3) is 0 Å². The molecule has 1 N–H and O–H groups in total. The van der Waals surface area contributed by atoms with E-state index in [1.54, 1.807) is 0 Å². The molecule has 5 heteroatoms. The number of rotatable bonds is 3. The first kappa shape index (κ1) is 10.4. The molecule has 0 aliphatic heterocycles. The maximum atomic E-state index is 10.8. The quantitative estimate of drug-likeness (QED) is 0.544. The van der Waals surface area contributed by atoms with Crippen LogP contribution in [0.5, 0.6) is 0 Å². The van der Waals surface area contributed by atoms with E-state index in [0.29, 0.717) is 5.33 Å². The van der Waals surface area contributed by atoms with E-state index < -0.39 is 12.0 Å². The number of alkyl halides is 1. The number of ether oxygens (including phenoxy) is 1. The molecule has 0 fully saturated rings. The molecular formula is C6H10BrNO3. The predicted molar refractivity (Wildman–Crippen MR) is 43.4 cm³/mol. The van der Waals surface area contributed by atoms with E-state index in [0.717, 1.165) is 0 Å². The SMILES string of the molecule is COC(=O)[C@H](CBr)NC(C)=O. The summed E-state index contributed by atoms with van der Waals surface area (Å²) in [6.45, 7) is 1.35. The molecule has 4 nitrogen and oxygen atoms in total. The van der Waals surface area contributed by atoms with Crippen LogP contribution in [0.2, 0.25) is 0 Å². The number of methoxy groups -OCH3 is 1. The summed E-state index contributed by atoms with van der Waals surface area (Å²) in [5.74, 6) is -0.697. The average Bonchev–Trinajstić information content (AvgIpc) is 1.98. The molecule has 0 aliphatic rings. The van der Waals surface area contributed by atoms with Gasteiger partial charge in [-0.05, 0) is 0 Å². The maximum absolute atomic E-state index is 10.8. The fourth-order valence-electron chi connectivity index (χ4n) is 0.548. The molecule has 0 rings (SSSR count). The Bertz CT molecular complexity index is 160. The van der Waals surface area contributed by atoms with Gasteiger partial charge in [-0.1, -0.05) is 15.9 Å². The van der Waals surface area contributed by atoms with Crippen LogP contribution in [0.25, 0.3) is 0 Å². The smallest absolute Gasteiger partial charge is 0.329 e. The highest BCUT2D eigenvalue weighted by molar-refractivity contribution is 9.09. The lowest BCUT2D eigenvalue weighted by molar-refractivity contribution is -0.144. The van der Waals surface area contributed by atoms with Crippen molar-refractivity contribution in [1.29, 1.82) is 0 Å². The van der Waals surface area contributed by atoms with Crippen molar-refractivity contribution in [3.05, 3.63) is 0 Å². The summed E-state index contributed by atoms with van der Waals surface area (Å²) in [7, 11) is 1.28. The van der Waals surface area contributed by atoms with Crippen molar-refractivity contribution < 1.29 is 14.3 Å². The number of halogens is 1. The van der Waals surface area contributed by atoms with Crippen LogP contribution in [0.3, 0.4) is 0 Å². The van der Waals surface area contributed by atoms with Gasteiger partial charge in [-0.25, -0.2) is 4.79 Å². The zero-order chi connectivity index (χ0) is 8.85. The van der Waals surface area contributed by atoms with Crippen LogP contribution in [0.1, 0.15) is 6.92 Å². The average molecular weight is 224 g/mol. The summed E-state index contributed by atoms with van der Waals surface area (Å²) >= 11 is 3.07. The number of hydrogen-bond acceptors (Lipinski definition) is 3. The number of carbonyl (C=O) groups excluding carboxylic acids is 2. The van der Waals surface area contributed by atoms with Crippen LogP contribution in [0.15, 0.2) is 0 Å². The van der Waals surface area contributed by atoms with Gasteiger partial charge in [-0.15, -0.1) is 0 Å². The van der Waals surface area contributed by atoms with E-state index in [9.17, 15) is 9.59 Å². The molecule has 0 heterocycles. The number of amides is 1. The van der Waals surface area contributed by atoms with Crippen molar-refractivity contribution in [2.24, 2.45) is 0 Å². The van der Waals surface area contributed by atoms with Gasteiger partial charge in [-0.2, -0.15) is 0 Å². The van der Waals surface area contributed by atoms with E-state index in [1.165, 1.54) is 14.0 Å². The summed E-state index contributed by atoms with van der Waals surface area (Å²) in [4.78, 5) is 21.3. The summed E-state index contributed by atoms with van der Waals surface area (Å²) in [5, 5.41) is 2.78. The van der Waals surface area contributed by atoms with Gasteiger partial charge in [0.15, 0.2) is 0 Å². The Labute approximate surface area is 73.4 Å². The third-order valence-electron chi connectivity index (χ3n) is 1.02. The minimum absolute atomic E-state index is 0.250. The standard InChI is InChI=1S/C6H10BrNO3/c1-4(9)8-5(3-7)6(10)11-2/h5H,3H2,1-2H3,(H,8,9)/t5-/m0/s1. The molecule has 0 unspecified atom stereocenters. The van der Waals surface area contributed by atoms with E-state index >= 15 is 0 Å². The Morgan fingerprint density at radius 3 is 2.45 bits per heavy atom. The van der Waals surface area contributed by atoms with Crippen molar-refractivity contribution in [2.45, 2.75) is 13.0 Å². The highest BCUT2D eigenvalue weighted by Crippen LogP contribution is 1.93. The Hall–Kier alpha value is -0.580. The minimum Gasteiger partial charge on any atom is -0.467 e. The lowest BCUT2D eigenvalue weighted by Crippen LogP contribution is -2.41. The molecule has 0 saturated heterocycles. The third kappa shape index (κ3) is 3.98. The molecule has 0 aromatic heterocycles. The molecule has 11 heavy (non-hydrogen) atoms. The number of hydrogen-bond donors (Lipinski definition) is 1. The second-order valence-electron chi connectivity index (χ2n) is 1.93. The molecule has 0 aromatic carbocycles. The van der Waals surface area contributed by atoms with Crippen LogP contribution in [0.4, 0.5) is 0 Å². The third-order valence-corrected chi connectivity index (χ3v) is 1.66. The largest absolute Gasteiger partial charge is 0.467 e. The number of esters is 1. The number of nitrogens with one attached hydrogen (secondary N) is 1. The van der Waals surface area contributed by atoms with Crippen molar-refractivity contribution >= 4 is 27.8 Å². The van der Waals surface area contributed by atoms with Crippen LogP contribution in [0, 0.1) is 0 Å². The van der Waals surface area contributed by atoms with Gasteiger partial charge < -0.3 is 10.1 Å². The summed E-state index contributed by atoms with van der Waals surface area (Å²) in [6, 6.07) is -0.586. The molecule has 1 amide bonds. The zero-order valence-electron chi connectivity index (χ0n) is 6.39. The Kier molecular flexibility index (Phi) is 4.85. The molecule has 0 aliphatic carbocycles. The van der Waals surface area contributed by atoms with Gasteiger partial charge >= 0.3 is 5.97 Å². The van der Waals surface area contributed by atoms with E-state index in [4.69, 9.17) is 0 Å². The van der Waals surface area contributed by atoms with Crippen LogP contribution in [-0.2, 0) is 14.3 Å². The normalized spacial score (nSPS) is 11.9. The molecule has 0 radical (unpaired) electrons. The Morgan fingerprint density at radius 2 is 2.18 bits per heavy atom. The fraction of sp³-hybridized carbons (Fsp3) is 0.667. The van der Waals surface area contributed by atoms with Gasteiger partial charge in [0.05, 0.1) is 7.11 Å². The number of carbonyl (C=O) groups is 2. The Balaban J connectivity index is 3.94. The second kappa shape index (κ2) is 5.12. The first-order valence-electron chi connectivity index (χ1n) is 3.02. The molecule has 0 saturated carbocycles. The van der Waals surface area contributed by atoms with Gasteiger partial charge in [0, 0.05) is 12.3 Å². The minimum atomic E-state index is -0.586. The maximum Gasteiger partial charge on any atom is 0.329 e. The van der Waals surface area contributed by atoms with Crippen molar-refractivity contribution in [1.82, 2.24) is 5.32 Å². The van der Waals surface area contributed by atoms with E-state index in [1.807, 2.05) is 0 Å². The summed E-state index contributed by atoms with van der Waals surface area (Å²) in [5.41, 5.74) is 0. The van der Waals surface area contributed by atoms with Crippen molar-refractivity contribution in [3.63, 3.8) is 0 Å². The predicted octanol–water partition coefficient (Wildman–Crippen LogP) is 0.0590. The van der Waals surface area contributed by atoms with Crippen LogP contribution < -0.4 is 5.32 Å². The first-order valence-corrected chi connectivity index (χ1v) is 4.14. The molecule has 0 spiro atoms. The molecule has 0 aromatic rings. The first-order chi connectivity index (χ1) is 5.11. The lowest BCUT2D eigenvalue weighted by atomic mass is 10.3. The Morgan fingerprint density at radius 1 is 1.64 bits per heavy atom. The molecule has 1 atom stereocenters. The molecule has 64 valence electrons. The van der Waals surface area contributed by atoms with Crippen LogP contribution >= 0.6 is 15.9 Å². The van der Waals surface area contributed by atoms with Gasteiger partial charge in [0.2, 0.25) is 5.91 Å². The molecule has 0 bridgehead atoms. The lowest BCUT2D eigenvalue weighted by Gasteiger charge is -2.11. The second-order valence-corrected chi connectivity index (χ2v) is 2.58. The van der Waals surface area contributed by atoms with Gasteiger partial charge in [0.1, 0.15) is 6.04 Å². The van der Waals surface area contributed by atoms with Gasteiger partial charge in [-0.3, -0.25) is 4.79 Å². The highest BCUT2D eigenvalue weighted by atomic mass is 79.9. The fourth-order valence-corrected chi connectivity index (χ4v) is 0.974. The molecular weight excluding hydrogens is 214 g/mol.